The third kappa shape index (κ3) is 2.96. The Morgan fingerprint density at radius 3 is 1.23 bits per heavy atom. The number of rotatable bonds is 3. The predicted molar refractivity (Wildman–Crippen MR) is 112 cm³/mol. The van der Waals surface area contributed by atoms with Crippen LogP contribution in [0.5, 0.6) is 0 Å². The fraction of sp³-hybridized carbons (Fsp3) is 0.684. The van der Waals surface area contributed by atoms with Crippen LogP contribution in [0.3, 0.4) is 0 Å². The number of hydrogen-bond donors (Lipinski definition) is 0. The fourth-order valence-electron chi connectivity index (χ4n) is 6.27. The Morgan fingerprint density at radius 1 is 0.682 bits per heavy atom. The standard InChI is InChI=1S/C19H38Si3/c1-15-13-16(2)18(17(3)14-15)22(19(4,5)6,20(7,8)9)21(10,11)12/h13-14H,1-12H3. The van der Waals surface area contributed by atoms with Crippen molar-refractivity contribution in [3.05, 3.63) is 28.8 Å². The van der Waals surface area contributed by atoms with E-state index < -0.39 is 22.3 Å². The zero-order chi connectivity index (χ0) is 17.7. The Labute approximate surface area is 142 Å². The van der Waals surface area contributed by atoms with Gasteiger partial charge in [-0.1, -0.05) is 94.1 Å². The van der Waals surface area contributed by atoms with Gasteiger partial charge in [-0.05, 0) is 25.8 Å². The fourth-order valence-corrected chi connectivity index (χ4v) is 64.0. The van der Waals surface area contributed by atoms with E-state index in [1.165, 1.54) is 5.56 Å². The molecule has 0 heterocycles. The Morgan fingerprint density at radius 2 is 1.00 bits per heavy atom. The minimum atomic E-state index is -1.61. The molecule has 0 nitrogen and oxygen atoms in total. The van der Waals surface area contributed by atoms with Gasteiger partial charge in [0, 0.05) is 15.2 Å². The molecule has 0 unspecified atom stereocenters. The lowest BCUT2D eigenvalue weighted by Crippen LogP contribution is -2.82. The summed E-state index contributed by atoms with van der Waals surface area (Å²) >= 11 is 0. The van der Waals surface area contributed by atoms with Crippen LogP contribution in [0.4, 0.5) is 0 Å². The van der Waals surface area contributed by atoms with Crippen molar-refractivity contribution in [2.75, 3.05) is 0 Å². The lowest BCUT2D eigenvalue weighted by molar-refractivity contribution is 0.744. The molecule has 0 saturated heterocycles. The summed E-state index contributed by atoms with van der Waals surface area (Å²) in [6.07, 6.45) is 0. The van der Waals surface area contributed by atoms with Crippen molar-refractivity contribution in [3.8, 4) is 0 Å². The van der Waals surface area contributed by atoms with E-state index in [1.54, 1.807) is 11.1 Å². The van der Waals surface area contributed by atoms with Crippen LogP contribution in [0.25, 0.3) is 0 Å². The second-order valence-electron chi connectivity index (χ2n) is 10.3. The topological polar surface area (TPSA) is 0 Å². The van der Waals surface area contributed by atoms with Crippen molar-refractivity contribution in [1.82, 2.24) is 0 Å². The third-order valence-corrected chi connectivity index (χ3v) is 46.7. The van der Waals surface area contributed by atoms with Gasteiger partial charge in [-0.15, -0.1) is 0 Å². The van der Waals surface area contributed by atoms with E-state index in [0.717, 1.165) is 0 Å². The van der Waals surface area contributed by atoms with Gasteiger partial charge in [0.05, 0.1) is 7.11 Å². The van der Waals surface area contributed by atoms with E-state index in [4.69, 9.17) is 0 Å². The van der Waals surface area contributed by atoms with Crippen LogP contribution in [0.2, 0.25) is 44.3 Å². The average Bonchev–Trinajstić information content (AvgIpc) is 2.16. The second kappa shape index (κ2) is 5.75. The SMILES string of the molecule is Cc1cc(C)c([Si](C(C)(C)C)([Si](C)(C)C)[Si](C)(C)C)c(C)c1. The second-order valence-corrected chi connectivity index (χ2v) is 37.8. The molecule has 0 spiro atoms. The molecule has 0 amide bonds. The van der Waals surface area contributed by atoms with Gasteiger partial charge in [0.1, 0.15) is 0 Å². The molecule has 0 aliphatic heterocycles. The van der Waals surface area contributed by atoms with Gasteiger partial charge in [-0.3, -0.25) is 0 Å². The van der Waals surface area contributed by atoms with Crippen molar-refractivity contribution < 1.29 is 0 Å². The monoisotopic (exact) mass is 350 g/mol. The highest BCUT2D eigenvalue weighted by molar-refractivity contribution is 7.73. The van der Waals surface area contributed by atoms with Crippen molar-refractivity contribution in [2.24, 2.45) is 0 Å². The molecular formula is C19H38Si3. The highest BCUT2D eigenvalue weighted by atomic mass is 29.6. The third-order valence-electron chi connectivity index (χ3n) is 5.43. The zero-order valence-electron chi connectivity index (χ0n) is 17.2. The first-order chi connectivity index (χ1) is 9.57. The predicted octanol–water partition coefficient (Wildman–Crippen LogP) is 5.90. The summed E-state index contributed by atoms with van der Waals surface area (Å²) in [5, 5.41) is 2.25. The maximum absolute atomic E-state index is 2.65. The molecular weight excluding hydrogens is 312 g/mol. The van der Waals surface area contributed by atoms with Gasteiger partial charge >= 0.3 is 0 Å². The van der Waals surface area contributed by atoms with E-state index >= 15 is 0 Å². The molecule has 0 fully saturated rings. The number of hydrogen-bond acceptors (Lipinski definition) is 0. The Balaban J connectivity index is 4.05. The summed E-state index contributed by atoms with van der Waals surface area (Å²) in [4.78, 5) is 0. The smallest absolute Gasteiger partial charge is 0.0713 e. The van der Waals surface area contributed by atoms with Gasteiger partial charge in [0.25, 0.3) is 0 Å². The lowest BCUT2D eigenvalue weighted by Gasteiger charge is -2.59. The molecule has 1 rings (SSSR count). The van der Waals surface area contributed by atoms with Gasteiger partial charge in [-0.2, -0.15) is 0 Å². The largest absolute Gasteiger partial charge is 0.0793 e. The van der Waals surface area contributed by atoms with Crippen LogP contribution in [0.1, 0.15) is 37.5 Å². The quantitative estimate of drug-likeness (QED) is 0.595. The Kier molecular flexibility index (Phi) is 5.20. The van der Waals surface area contributed by atoms with Crippen LogP contribution in [0.15, 0.2) is 12.1 Å². The molecule has 0 aromatic heterocycles. The number of aryl methyl sites for hydroxylation is 3. The van der Waals surface area contributed by atoms with Crippen LogP contribution in [0, 0.1) is 20.8 Å². The summed E-state index contributed by atoms with van der Waals surface area (Å²) < 4.78 is 0. The highest BCUT2D eigenvalue weighted by Crippen LogP contribution is 2.47. The molecule has 0 saturated carbocycles. The minimum absolute atomic E-state index is 0.423. The summed E-state index contributed by atoms with van der Waals surface area (Å²) in [6, 6.07) is 4.88. The maximum Gasteiger partial charge on any atom is 0.0793 e. The minimum Gasteiger partial charge on any atom is -0.0713 e. The van der Waals surface area contributed by atoms with Gasteiger partial charge in [0.2, 0.25) is 0 Å². The van der Waals surface area contributed by atoms with E-state index in [9.17, 15) is 0 Å². The summed E-state index contributed by atoms with van der Waals surface area (Å²) in [5.74, 6) is 0. The molecule has 0 N–H and O–H groups in total. The van der Waals surface area contributed by atoms with Gasteiger partial charge in [0.15, 0.2) is 0 Å². The molecule has 126 valence electrons. The van der Waals surface area contributed by atoms with E-state index in [0.29, 0.717) is 5.04 Å². The maximum atomic E-state index is 2.65. The van der Waals surface area contributed by atoms with Crippen LogP contribution < -0.4 is 5.19 Å². The van der Waals surface area contributed by atoms with E-state index in [2.05, 4.69) is 93.0 Å². The van der Waals surface area contributed by atoms with Crippen molar-refractivity contribution in [3.63, 3.8) is 0 Å². The zero-order valence-corrected chi connectivity index (χ0v) is 20.2. The van der Waals surface area contributed by atoms with Gasteiger partial charge in [-0.25, -0.2) is 0 Å². The average molecular weight is 351 g/mol. The number of benzene rings is 1. The molecule has 3 heteroatoms. The van der Waals surface area contributed by atoms with Crippen LogP contribution in [-0.2, 0) is 0 Å². The van der Waals surface area contributed by atoms with Crippen LogP contribution in [-0.4, -0.2) is 22.3 Å². The Bertz CT molecular complexity index is 492. The Hall–Kier alpha value is -0.129. The van der Waals surface area contributed by atoms with Crippen LogP contribution >= 0.6 is 0 Å². The summed E-state index contributed by atoms with van der Waals surface area (Å²) in [6.45, 7) is 30.6. The molecule has 0 aliphatic rings. The molecule has 1 aromatic rings. The first-order valence-electron chi connectivity index (χ1n) is 8.65. The normalized spacial score (nSPS) is 14.4. The van der Waals surface area contributed by atoms with Gasteiger partial charge < -0.3 is 0 Å². The molecule has 0 atom stereocenters. The first-order valence-corrected chi connectivity index (χ1v) is 19.7. The van der Waals surface area contributed by atoms with Crippen molar-refractivity contribution in [1.29, 1.82) is 0 Å². The molecule has 0 bridgehead atoms. The lowest BCUT2D eigenvalue weighted by atomic mass is 10.1. The summed E-state index contributed by atoms with van der Waals surface area (Å²) in [7, 11) is -4.27. The first kappa shape index (κ1) is 19.9. The van der Waals surface area contributed by atoms with Crippen molar-refractivity contribution >= 4 is 27.5 Å². The van der Waals surface area contributed by atoms with E-state index in [1.807, 2.05) is 5.19 Å². The summed E-state index contributed by atoms with van der Waals surface area (Å²) in [5.41, 5.74) is 4.56. The van der Waals surface area contributed by atoms with E-state index in [-0.39, 0.29) is 0 Å². The molecule has 1 aromatic carbocycles. The molecule has 0 aliphatic carbocycles. The molecule has 22 heavy (non-hydrogen) atoms. The van der Waals surface area contributed by atoms with Crippen molar-refractivity contribution in [2.45, 2.75) is 85.9 Å². The highest BCUT2D eigenvalue weighted by Gasteiger charge is 2.62. The molecule has 0 radical (unpaired) electrons.